The van der Waals surface area contributed by atoms with E-state index < -0.39 is 0 Å². The number of nitrogens with zero attached hydrogens (tertiary/aromatic N) is 3. The van der Waals surface area contributed by atoms with Crippen molar-refractivity contribution in [2.45, 2.75) is 18.2 Å². The van der Waals surface area contributed by atoms with Crippen molar-refractivity contribution in [1.29, 1.82) is 0 Å². The first-order chi connectivity index (χ1) is 11.5. The van der Waals surface area contributed by atoms with Gasteiger partial charge in [-0.25, -0.2) is 4.39 Å². The fourth-order valence-electron chi connectivity index (χ4n) is 1.91. The molecule has 1 amide bonds. The molecule has 0 atom stereocenters. The topological polar surface area (TPSA) is 58.1 Å². The second kappa shape index (κ2) is 8.79. The van der Waals surface area contributed by atoms with E-state index in [0.717, 1.165) is 5.57 Å². The summed E-state index contributed by atoms with van der Waals surface area (Å²) in [6.07, 6.45) is 0. The van der Waals surface area contributed by atoms with Crippen molar-refractivity contribution >= 4 is 39.8 Å². The molecule has 128 valence electrons. The minimum absolute atomic E-state index is 0.0318. The number of halogens is 1. The van der Waals surface area contributed by atoms with Gasteiger partial charge < -0.3 is 10.2 Å². The predicted octanol–water partition coefficient (Wildman–Crippen LogP) is 3.94. The van der Waals surface area contributed by atoms with E-state index >= 15 is 0 Å². The normalized spacial score (nSPS) is 10.5. The number of thioether (sulfide) groups is 1. The molecular weight excluding hydrogens is 347 g/mol. The number of hydrogen-bond acceptors (Lipinski definition) is 6. The minimum atomic E-state index is -0.351. The fourth-order valence-corrected chi connectivity index (χ4v) is 3.58. The second-order valence-corrected chi connectivity index (χ2v) is 7.33. The van der Waals surface area contributed by atoms with E-state index in [1.165, 1.54) is 29.2 Å². The molecule has 2 rings (SSSR count). The minimum Gasteiger partial charge on any atom is -0.338 e. The van der Waals surface area contributed by atoms with Crippen LogP contribution in [-0.2, 0) is 4.79 Å². The van der Waals surface area contributed by atoms with Crippen LogP contribution < -0.4 is 5.32 Å². The molecule has 0 spiro atoms. The van der Waals surface area contributed by atoms with Crippen molar-refractivity contribution in [2.24, 2.45) is 0 Å². The lowest BCUT2D eigenvalue weighted by Gasteiger charge is -2.20. The molecule has 1 N–H and O–H groups in total. The van der Waals surface area contributed by atoms with Crippen molar-refractivity contribution < 1.29 is 9.18 Å². The number of carbonyl (C=O) groups excluding carboxylic acids is 1. The van der Waals surface area contributed by atoms with Crippen LogP contribution in [0.2, 0.25) is 0 Å². The average molecular weight is 366 g/mol. The van der Waals surface area contributed by atoms with E-state index in [0.29, 0.717) is 28.2 Å². The molecular formula is C16H19FN4OS2. The highest BCUT2D eigenvalue weighted by Crippen LogP contribution is 2.28. The van der Waals surface area contributed by atoms with Crippen LogP contribution in [-0.4, -0.2) is 39.8 Å². The Morgan fingerprint density at radius 3 is 2.83 bits per heavy atom. The molecule has 0 aliphatic rings. The summed E-state index contributed by atoms with van der Waals surface area (Å²) in [4.78, 5) is 13.9. The largest absolute Gasteiger partial charge is 0.338 e. The van der Waals surface area contributed by atoms with Crippen LogP contribution in [0.5, 0.6) is 0 Å². The van der Waals surface area contributed by atoms with Gasteiger partial charge in [-0.05, 0) is 26.0 Å². The summed E-state index contributed by atoms with van der Waals surface area (Å²) in [7, 11) is 0. The number of carbonyl (C=O) groups is 1. The molecule has 8 heteroatoms. The maximum Gasteiger partial charge on any atom is 0.233 e. The van der Waals surface area contributed by atoms with Crippen LogP contribution in [0.3, 0.4) is 0 Å². The van der Waals surface area contributed by atoms with Gasteiger partial charge in [-0.1, -0.05) is 47.4 Å². The van der Waals surface area contributed by atoms with E-state index in [1.807, 2.05) is 13.8 Å². The van der Waals surface area contributed by atoms with Gasteiger partial charge in [0.15, 0.2) is 4.34 Å². The van der Waals surface area contributed by atoms with Crippen LogP contribution in [0.1, 0.15) is 13.8 Å². The van der Waals surface area contributed by atoms with Crippen molar-refractivity contribution in [3.63, 3.8) is 0 Å². The third kappa shape index (κ3) is 5.31. The predicted molar refractivity (Wildman–Crippen MR) is 97.4 cm³/mol. The molecule has 0 bridgehead atoms. The first-order valence-electron chi connectivity index (χ1n) is 7.39. The molecule has 1 aromatic heterocycles. The molecule has 0 aliphatic carbocycles. The first-order valence-corrected chi connectivity index (χ1v) is 9.19. The van der Waals surface area contributed by atoms with Gasteiger partial charge in [0.25, 0.3) is 0 Å². The zero-order chi connectivity index (χ0) is 17.5. The molecule has 5 nitrogen and oxygen atoms in total. The van der Waals surface area contributed by atoms with Crippen molar-refractivity contribution in [1.82, 2.24) is 15.1 Å². The Labute approximate surface area is 149 Å². The summed E-state index contributed by atoms with van der Waals surface area (Å²) < 4.78 is 14.3. The highest BCUT2D eigenvalue weighted by atomic mass is 32.2. The van der Waals surface area contributed by atoms with E-state index in [4.69, 9.17) is 0 Å². The second-order valence-electron chi connectivity index (χ2n) is 5.13. The van der Waals surface area contributed by atoms with Gasteiger partial charge in [-0.15, -0.1) is 10.2 Å². The molecule has 2 aromatic rings. The van der Waals surface area contributed by atoms with Gasteiger partial charge in [0.05, 0.1) is 11.4 Å². The Hall–Kier alpha value is -1.93. The number of hydrogen-bond donors (Lipinski definition) is 1. The number of amides is 1. The third-order valence-corrected chi connectivity index (χ3v) is 4.99. The highest BCUT2D eigenvalue weighted by Gasteiger charge is 2.14. The maximum absolute atomic E-state index is 13.6. The molecule has 0 saturated heterocycles. The molecule has 0 fully saturated rings. The van der Waals surface area contributed by atoms with Crippen molar-refractivity contribution in [3.8, 4) is 0 Å². The fraction of sp³-hybridized carbons (Fsp3) is 0.312. The van der Waals surface area contributed by atoms with Crippen LogP contribution in [0.15, 0.2) is 40.8 Å². The Balaban J connectivity index is 1.91. The van der Waals surface area contributed by atoms with E-state index in [-0.39, 0.29) is 17.5 Å². The van der Waals surface area contributed by atoms with Crippen LogP contribution in [0.25, 0.3) is 0 Å². The number of rotatable bonds is 8. The number of aromatic nitrogens is 2. The Morgan fingerprint density at radius 1 is 1.42 bits per heavy atom. The summed E-state index contributed by atoms with van der Waals surface area (Å²) in [6.45, 7) is 8.87. The van der Waals surface area contributed by atoms with Gasteiger partial charge in [-0.3, -0.25) is 4.79 Å². The van der Waals surface area contributed by atoms with Gasteiger partial charge in [0, 0.05) is 13.1 Å². The molecule has 0 radical (unpaired) electrons. The van der Waals surface area contributed by atoms with Crippen LogP contribution >= 0.6 is 23.1 Å². The SMILES string of the molecule is C=C(C)CN(CC)C(=O)CSc1nnc(Nc2ccccc2F)s1. The molecule has 24 heavy (non-hydrogen) atoms. The van der Waals surface area contributed by atoms with Gasteiger partial charge in [0.1, 0.15) is 5.82 Å². The third-order valence-electron chi connectivity index (χ3n) is 3.04. The smallest absolute Gasteiger partial charge is 0.233 e. The monoisotopic (exact) mass is 366 g/mol. The standard InChI is InChI=1S/C16H19FN4OS2/c1-4-21(9-11(2)3)14(22)10-23-16-20-19-15(24-16)18-13-8-6-5-7-12(13)17/h5-8H,2,4,9-10H2,1,3H3,(H,18,19). The van der Waals surface area contributed by atoms with Gasteiger partial charge >= 0.3 is 0 Å². The van der Waals surface area contributed by atoms with E-state index in [1.54, 1.807) is 23.1 Å². The molecule has 0 aliphatic heterocycles. The highest BCUT2D eigenvalue weighted by molar-refractivity contribution is 8.01. The average Bonchev–Trinajstić information content (AvgIpc) is 3.00. The summed E-state index contributed by atoms with van der Waals surface area (Å²) in [5.41, 5.74) is 1.29. The number of anilines is 2. The summed E-state index contributed by atoms with van der Waals surface area (Å²) in [5.74, 6) is -0.0325. The Morgan fingerprint density at radius 2 is 2.17 bits per heavy atom. The van der Waals surface area contributed by atoms with E-state index in [9.17, 15) is 9.18 Å². The van der Waals surface area contributed by atoms with Crippen molar-refractivity contribution in [2.75, 3.05) is 24.2 Å². The Bertz CT molecular complexity index is 720. The van der Waals surface area contributed by atoms with Crippen molar-refractivity contribution in [3.05, 3.63) is 42.2 Å². The van der Waals surface area contributed by atoms with Gasteiger partial charge in [0.2, 0.25) is 11.0 Å². The zero-order valence-electron chi connectivity index (χ0n) is 13.6. The number of nitrogens with one attached hydrogen (secondary N) is 1. The molecule has 1 heterocycles. The summed E-state index contributed by atoms with van der Waals surface area (Å²) >= 11 is 2.61. The number of benzene rings is 1. The van der Waals surface area contributed by atoms with Crippen LogP contribution in [0, 0.1) is 5.82 Å². The Kier molecular flexibility index (Phi) is 6.74. The first kappa shape index (κ1) is 18.4. The number of likely N-dealkylation sites (N-methyl/N-ethyl adjacent to an activating group) is 1. The van der Waals surface area contributed by atoms with Crippen LogP contribution in [0.4, 0.5) is 15.2 Å². The lowest BCUT2D eigenvalue weighted by molar-refractivity contribution is -0.127. The summed E-state index contributed by atoms with van der Waals surface area (Å²) in [6, 6.07) is 6.36. The maximum atomic E-state index is 13.6. The quantitative estimate of drug-likeness (QED) is 0.566. The zero-order valence-corrected chi connectivity index (χ0v) is 15.2. The molecule has 0 unspecified atom stereocenters. The lowest BCUT2D eigenvalue weighted by atomic mass is 10.3. The van der Waals surface area contributed by atoms with E-state index in [2.05, 4.69) is 22.1 Å². The lowest BCUT2D eigenvalue weighted by Crippen LogP contribution is -2.33. The number of para-hydroxylation sites is 1. The molecule has 1 aromatic carbocycles. The molecule has 0 saturated carbocycles. The van der Waals surface area contributed by atoms with Gasteiger partial charge in [-0.2, -0.15) is 0 Å². The summed E-state index contributed by atoms with van der Waals surface area (Å²) in [5, 5.41) is 11.4.